The van der Waals surface area contributed by atoms with Gasteiger partial charge >= 0.3 is 0 Å². The lowest BCUT2D eigenvalue weighted by atomic mass is 10.2. The van der Waals surface area contributed by atoms with Crippen molar-refractivity contribution < 1.29 is 13.2 Å². The second-order valence-corrected chi connectivity index (χ2v) is 8.60. The van der Waals surface area contributed by atoms with Crippen LogP contribution in [0.15, 0.2) is 46.2 Å². The minimum Gasteiger partial charge on any atom is -0.325 e. The number of hydrogen-bond acceptors (Lipinski definition) is 4. The molecule has 0 bridgehead atoms. The Morgan fingerprint density at radius 3 is 2.75 bits per heavy atom. The highest BCUT2D eigenvalue weighted by Gasteiger charge is 2.19. The number of carbonyl (C=O) groups is 1. The SMILES string of the molecule is Cc1ccc(NS(=O)(=O)c2ccc3c(c2)NC(=O)CCS3)cc1Cl. The molecule has 1 amide bonds. The van der Waals surface area contributed by atoms with E-state index in [2.05, 4.69) is 10.0 Å². The van der Waals surface area contributed by atoms with Crippen LogP contribution in [0.2, 0.25) is 5.02 Å². The zero-order chi connectivity index (χ0) is 17.3. The fraction of sp³-hybridized carbons (Fsp3) is 0.188. The second-order valence-electron chi connectivity index (χ2n) is 5.37. The Kier molecular flexibility index (Phi) is 4.76. The number of nitrogens with one attached hydrogen (secondary N) is 2. The molecule has 3 rings (SSSR count). The van der Waals surface area contributed by atoms with Crippen LogP contribution in [-0.2, 0) is 14.8 Å². The van der Waals surface area contributed by atoms with E-state index in [0.29, 0.717) is 28.6 Å². The molecule has 0 radical (unpaired) electrons. The first-order valence-corrected chi connectivity index (χ1v) is 10.1. The van der Waals surface area contributed by atoms with E-state index >= 15 is 0 Å². The summed E-state index contributed by atoms with van der Waals surface area (Å²) < 4.78 is 27.7. The van der Waals surface area contributed by atoms with Crippen molar-refractivity contribution in [3.63, 3.8) is 0 Å². The van der Waals surface area contributed by atoms with Crippen molar-refractivity contribution >= 4 is 50.7 Å². The average molecular weight is 383 g/mol. The lowest BCUT2D eigenvalue weighted by Crippen LogP contribution is -2.14. The van der Waals surface area contributed by atoms with Crippen molar-refractivity contribution in [2.45, 2.75) is 23.1 Å². The predicted molar refractivity (Wildman–Crippen MR) is 97.4 cm³/mol. The van der Waals surface area contributed by atoms with E-state index in [1.54, 1.807) is 24.3 Å². The molecule has 1 aliphatic heterocycles. The van der Waals surface area contributed by atoms with E-state index in [0.717, 1.165) is 10.5 Å². The minimum atomic E-state index is -3.78. The Bertz CT molecular complexity index is 914. The highest BCUT2D eigenvalue weighted by atomic mass is 35.5. The fourth-order valence-electron chi connectivity index (χ4n) is 2.24. The average Bonchev–Trinajstić information content (AvgIpc) is 2.70. The van der Waals surface area contributed by atoms with Crippen LogP contribution in [0.4, 0.5) is 11.4 Å². The molecule has 0 unspecified atom stereocenters. The summed E-state index contributed by atoms with van der Waals surface area (Å²) in [5, 5.41) is 3.23. The molecule has 0 aromatic heterocycles. The van der Waals surface area contributed by atoms with E-state index in [1.165, 1.54) is 23.9 Å². The Labute approximate surface area is 149 Å². The standard InChI is InChI=1S/C16H15ClN2O3S2/c1-10-2-3-11(8-13(10)17)19-24(21,22)12-4-5-15-14(9-12)18-16(20)6-7-23-15/h2-5,8-9,19H,6-7H2,1H3,(H,18,20). The smallest absolute Gasteiger partial charge is 0.261 e. The molecule has 0 spiro atoms. The van der Waals surface area contributed by atoms with Gasteiger partial charge in [-0.15, -0.1) is 11.8 Å². The third-order valence-corrected chi connectivity index (χ3v) is 6.41. The normalized spacial score (nSPS) is 14.5. The summed E-state index contributed by atoms with van der Waals surface area (Å²) in [4.78, 5) is 12.6. The molecule has 0 fully saturated rings. The third kappa shape index (κ3) is 3.68. The number of anilines is 2. The van der Waals surface area contributed by atoms with E-state index < -0.39 is 10.0 Å². The number of hydrogen-bond donors (Lipinski definition) is 2. The number of amides is 1. The number of benzene rings is 2. The highest BCUT2D eigenvalue weighted by molar-refractivity contribution is 7.99. The number of fused-ring (bicyclic) bond motifs is 1. The van der Waals surface area contributed by atoms with Crippen LogP contribution < -0.4 is 10.0 Å². The van der Waals surface area contributed by atoms with Gasteiger partial charge in [0.2, 0.25) is 5.91 Å². The molecule has 0 aliphatic carbocycles. The predicted octanol–water partition coefficient (Wildman–Crippen LogP) is 3.88. The van der Waals surface area contributed by atoms with Crippen molar-refractivity contribution in [3.8, 4) is 0 Å². The van der Waals surface area contributed by atoms with Gasteiger partial charge in [-0.3, -0.25) is 9.52 Å². The molecule has 0 saturated heterocycles. The number of rotatable bonds is 3. The molecule has 0 atom stereocenters. The lowest BCUT2D eigenvalue weighted by Gasteiger charge is -2.12. The van der Waals surface area contributed by atoms with Crippen LogP contribution in [0, 0.1) is 6.92 Å². The van der Waals surface area contributed by atoms with Crippen LogP contribution in [-0.4, -0.2) is 20.1 Å². The second kappa shape index (κ2) is 6.66. The first-order chi connectivity index (χ1) is 11.3. The van der Waals surface area contributed by atoms with Crippen LogP contribution in [0.25, 0.3) is 0 Å². The molecule has 5 nitrogen and oxygen atoms in total. The fourth-order valence-corrected chi connectivity index (χ4v) is 4.43. The molecule has 1 aliphatic rings. The van der Waals surface area contributed by atoms with E-state index in [9.17, 15) is 13.2 Å². The monoisotopic (exact) mass is 382 g/mol. The molecule has 2 aromatic carbocycles. The van der Waals surface area contributed by atoms with Gasteiger partial charge in [-0.2, -0.15) is 0 Å². The number of aryl methyl sites for hydroxylation is 1. The largest absolute Gasteiger partial charge is 0.325 e. The van der Waals surface area contributed by atoms with Crippen LogP contribution >= 0.6 is 23.4 Å². The topological polar surface area (TPSA) is 75.3 Å². The van der Waals surface area contributed by atoms with E-state index in [1.807, 2.05) is 6.92 Å². The molecule has 0 saturated carbocycles. The van der Waals surface area contributed by atoms with Crippen molar-refractivity contribution in [3.05, 3.63) is 47.0 Å². The Balaban J connectivity index is 1.92. The first kappa shape index (κ1) is 17.1. The lowest BCUT2D eigenvalue weighted by molar-refractivity contribution is -0.115. The van der Waals surface area contributed by atoms with E-state index in [-0.39, 0.29) is 10.8 Å². The third-order valence-electron chi connectivity index (χ3n) is 3.55. The van der Waals surface area contributed by atoms with Gasteiger partial charge in [0.15, 0.2) is 0 Å². The van der Waals surface area contributed by atoms with Crippen molar-refractivity contribution in [2.24, 2.45) is 0 Å². The maximum atomic E-state index is 12.6. The number of carbonyl (C=O) groups excluding carboxylic acids is 1. The molecular formula is C16H15ClN2O3S2. The van der Waals surface area contributed by atoms with Gasteiger partial charge < -0.3 is 5.32 Å². The van der Waals surface area contributed by atoms with Gasteiger partial charge in [-0.05, 0) is 42.8 Å². The van der Waals surface area contributed by atoms with Gasteiger partial charge in [-0.25, -0.2) is 8.42 Å². The van der Waals surface area contributed by atoms with Crippen LogP contribution in [0.3, 0.4) is 0 Å². The molecule has 2 aromatic rings. The first-order valence-electron chi connectivity index (χ1n) is 7.21. The van der Waals surface area contributed by atoms with E-state index in [4.69, 9.17) is 11.6 Å². The summed E-state index contributed by atoms with van der Waals surface area (Å²) in [6.45, 7) is 1.84. The Morgan fingerprint density at radius 2 is 2.00 bits per heavy atom. The summed E-state index contributed by atoms with van der Waals surface area (Å²) in [5.74, 6) is 0.555. The van der Waals surface area contributed by atoms with Crippen molar-refractivity contribution in [1.29, 1.82) is 0 Å². The Morgan fingerprint density at radius 1 is 1.21 bits per heavy atom. The molecule has 1 heterocycles. The summed E-state index contributed by atoms with van der Waals surface area (Å²) in [5.41, 5.74) is 1.77. The van der Waals surface area contributed by atoms with Crippen LogP contribution in [0.1, 0.15) is 12.0 Å². The van der Waals surface area contributed by atoms with Gasteiger partial charge in [-0.1, -0.05) is 17.7 Å². The molecular weight excluding hydrogens is 368 g/mol. The number of thioether (sulfide) groups is 1. The van der Waals surface area contributed by atoms with Crippen molar-refractivity contribution in [1.82, 2.24) is 0 Å². The molecule has 24 heavy (non-hydrogen) atoms. The highest BCUT2D eigenvalue weighted by Crippen LogP contribution is 2.33. The summed E-state index contributed by atoms with van der Waals surface area (Å²) in [6, 6.07) is 9.68. The summed E-state index contributed by atoms with van der Waals surface area (Å²) in [6.07, 6.45) is 0.404. The van der Waals surface area contributed by atoms with Gasteiger partial charge in [0.1, 0.15) is 0 Å². The summed E-state index contributed by atoms with van der Waals surface area (Å²) in [7, 11) is -3.78. The van der Waals surface area contributed by atoms with Crippen molar-refractivity contribution in [2.75, 3.05) is 15.8 Å². The maximum Gasteiger partial charge on any atom is 0.261 e. The molecule has 126 valence electrons. The van der Waals surface area contributed by atoms with Gasteiger partial charge in [0.05, 0.1) is 16.3 Å². The number of halogens is 1. The zero-order valence-corrected chi connectivity index (χ0v) is 15.2. The summed E-state index contributed by atoms with van der Waals surface area (Å²) >= 11 is 7.56. The zero-order valence-electron chi connectivity index (χ0n) is 12.8. The van der Waals surface area contributed by atoms with Gasteiger partial charge in [0, 0.05) is 22.1 Å². The van der Waals surface area contributed by atoms with Gasteiger partial charge in [0.25, 0.3) is 10.0 Å². The quantitative estimate of drug-likeness (QED) is 0.844. The minimum absolute atomic E-state index is 0.0840. The Hall–Kier alpha value is -1.70. The number of sulfonamides is 1. The van der Waals surface area contributed by atoms with Crippen LogP contribution in [0.5, 0.6) is 0 Å². The molecule has 2 N–H and O–H groups in total. The maximum absolute atomic E-state index is 12.6. The molecule has 8 heteroatoms.